The molecule has 0 aromatic carbocycles. The summed E-state index contributed by atoms with van der Waals surface area (Å²) in [5.41, 5.74) is -0.416. The number of hydrogen-bond donors (Lipinski definition) is 1. The third-order valence-corrected chi connectivity index (χ3v) is 2.70. The summed E-state index contributed by atoms with van der Waals surface area (Å²) in [5, 5.41) is 8.90. The van der Waals surface area contributed by atoms with Crippen molar-refractivity contribution in [2.45, 2.75) is 33.6 Å². The summed E-state index contributed by atoms with van der Waals surface area (Å²) in [7, 11) is 0. The number of carboxylic acid groups (broad SMARTS) is 1. The largest absolute Gasteiger partial charge is 0.481 e. The Balaban J connectivity index is 2.64. The molecule has 1 aliphatic heterocycles. The molecule has 1 rings (SSSR count). The molecule has 1 saturated heterocycles. The number of hydrogen-bond acceptors (Lipinski definition) is 2. The van der Waals surface area contributed by atoms with Gasteiger partial charge in [-0.15, -0.1) is 0 Å². The fraction of sp³-hybridized carbons (Fsp3) is 0.818. The van der Waals surface area contributed by atoms with Crippen LogP contribution >= 0.6 is 0 Å². The maximum Gasteiger partial charge on any atom is 0.308 e. The van der Waals surface area contributed by atoms with Crippen LogP contribution in [0, 0.1) is 11.3 Å². The van der Waals surface area contributed by atoms with Gasteiger partial charge in [-0.1, -0.05) is 20.8 Å². The van der Waals surface area contributed by atoms with Gasteiger partial charge in [0, 0.05) is 18.5 Å². The van der Waals surface area contributed by atoms with E-state index in [1.807, 2.05) is 20.8 Å². The Labute approximate surface area is 90.3 Å². The van der Waals surface area contributed by atoms with E-state index in [2.05, 4.69) is 0 Å². The predicted molar refractivity (Wildman–Crippen MR) is 56.4 cm³/mol. The first kappa shape index (κ1) is 12.0. The number of nitrogens with zero attached hydrogens (tertiary/aromatic N) is 1. The van der Waals surface area contributed by atoms with Crippen molar-refractivity contribution in [1.29, 1.82) is 0 Å². The average Bonchev–Trinajstić information content (AvgIpc) is 2.15. The minimum Gasteiger partial charge on any atom is -0.481 e. The van der Waals surface area contributed by atoms with Crippen LogP contribution in [0.5, 0.6) is 0 Å². The molecule has 1 atom stereocenters. The molecule has 0 saturated carbocycles. The Bertz CT molecular complexity index is 267. The zero-order valence-electron chi connectivity index (χ0n) is 9.62. The molecule has 4 nitrogen and oxygen atoms in total. The number of amides is 1. The van der Waals surface area contributed by atoms with Gasteiger partial charge in [0.15, 0.2) is 0 Å². The van der Waals surface area contributed by atoms with E-state index in [0.29, 0.717) is 19.5 Å². The standard InChI is InChI=1S/C11H19NO3/c1-11(2,3)10(15)12-6-4-5-8(7-12)9(13)14/h8H,4-7H2,1-3H3,(H,13,14)/t8-/m1/s1. The zero-order chi connectivity index (χ0) is 11.6. The molecule has 0 spiro atoms. The highest BCUT2D eigenvalue weighted by Crippen LogP contribution is 2.23. The number of piperidine rings is 1. The first-order valence-electron chi connectivity index (χ1n) is 5.34. The van der Waals surface area contributed by atoms with Crippen molar-refractivity contribution in [2.75, 3.05) is 13.1 Å². The lowest BCUT2D eigenvalue weighted by molar-refractivity contribution is -0.148. The van der Waals surface area contributed by atoms with E-state index in [1.54, 1.807) is 4.90 Å². The van der Waals surface area contributed by atoms with Gasteiger partial charge in [-0.25, -0.2) is 0 Å². The van der Waals surface area contributed by atoms with Gasteiger partial charge in [-0.05, 0) is 12.8 Å². The second-order valence-corrected chi connectivity index (χ2v) is 5.18. The second-order valence-electron chi connectivity index (χ2n) is 5.18. The molecule has 1 aliphatic rings. The number of carbonyl (C=O) groups is 2. The predicted octanol–water partition coefficient (Wildman–Crippen LogP) is 1.36. The van der Waals surface area contributed by atoms with Crippen LogP contribution in [0.15, 0.2) is 0 Å². The van der Waals surface area contributed by atoms with Crippen LogP contribution in [0.3, 0.4) is 0 Å². The van der Waals surface area contributed by atoms with Crippen LogP contribution in [-0.4, -0.2) is 35.0 Å². The van der Waals surface area contributed by atoms with E-state index in [4.69, 9.17) is 5.11 Å². The summed E-state index contributed by atoms with van der Waals surface area (Å²) in [6.45, 7) is 6.64. The van der Waals surface area contributed by atoms with Crippen LogP contribution < -0.4 is 0 Å². The van der Waals surface area contributed by atoms with Crippen molar-refractivity contribution >= 4 is 11.9 Å². The van der Waals surface area contributed by atoms with Gasteiger partial charge in [-0.2, -0.15) is 0 Å². The van der Waals surface area contributed by atoms with Crippen LogP contribution in [-0.2, 0) is 9.59 Å². The van der Waals surface area contributed by atoms with E-state index >= 15 is 0 Å². The molecule has 15 heavy (non-hydrogen) atoms. The molecule has 0 radical (unpaired) electrons. The van der Waals surface area contributed by atoms with Crippen molar-refractivity contribution in [2.24, 2.45) is 11.3 Å². The molecule has 1 heterocycles. The van der Waals surface area contributed by atoms with E-state index in [-0.39, 0.29) is 11.8 Å². The zero-order valence-corrected chi connectivity index (χ0v) is 9.62. The molecular weight excluding hydrogens is 194 g/mol. The lowest BCUT2D eigenvalue weighted by Gasteiger charge is -2.34. The highest BCUT2D eigenvalue weighted by Gasteiger charge is 2.33. The lowest BCUT2D eigenvalue weighted by atomic mass is 9.91. The van der Waals surface area contributed by atoms with Gasteiger partial charge in [0.05, 0.1) is 5.92 Å². The summed E-state index contributed by atoms with van der Waals surface area (Å²) >= 11 is 0. The molecule has 1 amide bonds. The van der Waals surface area contributed by atoms with E-state index in [9.17, 15) is 9.59 Å². The van der Waals surface area contributed by atoms with Crippen LogP contribution in [0.2, 0.25) is 0 Å². The van der Waals surface area contributed by atoms with Gasteiger partial charge >= 0.3 is 5.97 Å². The van der Waals surface area contributed by atoms with Crippen molar-refractivity contribution in [1.82, 2.24) is 4.90 Å². The smallest absolute Gasteiger partial charge is 0.308 e. The van der Waals surface area contributed by atoms with Crippen LogP contribution in [0.25, 0.3) is 0 Å². The Kier molecular flexibility index (Phi) is 3.37. The van der Waals surface area contributed by atoms with Crippen LogP contribution in [0.4, 0.5) is 0 Å². The Morgan fingerprint density at radius 3 is 2.40 bits per heavy atom. The Morgan fingerprint density at radius 2 is 1.93 bits per heavy atom. The third kappa shape index (κ3) is 2.94. The van der Waals surface area contributed by atoms with Gasteiger partial charge in [0.1, 0.15) is 0 Å². The summed E-state index contributed by atoms with van der Waals surface area (Å²) in [4.78, 5) is 24.4. The summed E-state index contributed by atoms with van der Waals surface area (Å²) in [6.07, 6.45) is 1.47. The highest BCUT2D eigenvalue weighted by atomic mass is 16.4. The van der Waals surface area contributed by atoms with Crippen molar-refractivity contribution < 1.29 is 14.7 Å². The normalized spacial score (nSPS) is 22.6. The van der Waals surface area contributed by atoms with Crippen molar-refractivity contribution in [3.63, 3.8) is 0 Å². The van der Waals surface area contributed by atoms with E-state index in [1.165, 1.54) is 0 Å². The first-order chi connectivity index (χ1) is 6.82. The number of likely N-dealkylation sites (tertiary alicyclic amines) is 1. The lowest BCUT2D eigenvalue weighted by Crippen LogP contribution is -2.46. The maximum atomic E-state index is 11.9. The van der Waals surface area contributed by atoms with Gasteiger partial charge in [0.2, 0.25) is 5.91 Å². The molecular formula is C11H19NO3. The number of carbonyl (C=O) groups excluding carboxylic acids is 1. The monoisotopic (exact) mass is 213 g/mol. The number of carboxylic acids is 1. The Morgan fingerprint density at radius 1 is 1.33 bits per heavy atom. The SMILES string of the molecule is CC(C)(C)C(=O)N1CCC[C@@H](C(=O)O)C1. The fourth-order valence-corrected chi connectivity index (χ4v) is 1.84. The maximum absolute atomic E-state index is 11.9. The van der Waals surface area contributed by atoms with Crippen molar-refractivity contribution in [3.05, 3.63) is 0 Å². The minimum absolute atomic E-state index is 0.0495. The Hall–Kier alpha value is -1.06. The van der Waals surface area contributed by atoms with Crippen molar-refractivity contribution in [3.8, 4) is 0 Å². The van der Waals surface area contributed by atoms with E-state index < -0.39 is 11.4 Å². The summed E-state index contributed by atoms with van der Waals surface area (Å²) < 4.78 is 0. The second kappa shape index (κ2) is 4.21. The topological polar surface area (TPSA) is 57.6 Å². The van der Waals surface area contributed by atoms with Crippen LogP contribution in [0.1, 0.15) is 33.6 Å². The number of aliphatic carboxylic acids is 1. The highest BCUT2D eigenvalue weighted by molar-refractivity contribution is 5.82. The van der Waals surface area contributed by atoms with Gasteiger partial charge in [-0.3, -0.25) is 9.59 Å². The molecule has 1 N–H and O–H groups in total. The number of rotatable bonds is 1. The average molecular weight is 213 g/mol. The van der Waals surface area contributed by atoms with E-state index in [0.717, 1.165) is 6.42 Å². The molecule has 0 aliphatic carbocycles. The molecule has 0 aromatic rings. The van der Waals surface area contributed by atoms with Gasteiger partial charge < -0.3 is 10.0 Å². The molecule has 86 valence electrons. The molecule has 1 fully saturated rings. The third-order valence-electron chi connectivity index (χ3n) is 2.70. The summed E-state index contributed by atoms with van der Waals surface area (Å²) in [6, 6.07) is 0. The van der Waals surface area contributed by atoms with Gasteiger partial charge in [0.25, 0.3) is 0 Å². The molecule has 0 bridgehead atoms. The fourth-order valence-electron chi connectivity index (χ4n) is 1.84. The molecule has 0 aromatic heterocycles. The quantitative estimate of drug-likeness (QED) is 0.715. The molecule has 4 heteroatoms. The molecule has 0 unspecified atom stereocenters. The summed E-state index contributed by atoms with van der Waals surface area (Å²) in [5.74, 6) is -1.13. The first-order valence-corrected chi connectivity index (χ1v) is 5.34. The minimum atomic E-state index is -0.790.